The number of para-hydroxylation sites is 1. The van der Waals surface area contributed by atoms with Crippen molar-refractivity contribution in [1.29, 1.82) is 0 Å². The standard InChI is InChI=1S/C14H16N4/c15-14(18-13-6-2-1-3-7-13)17-10-8-12-5-4-9-16-11-12/h1-7,9,11H,8,10H2,(H3,15,17,18). The number of aliphatic imine (C=N–C) groups is 1. The van der Waals surface area contributed by atoms with Gasteiger partial charge in [-0.15, -0.1) is 0 Å². The summed E-state index contributed by atoms with van der Waals surface area (Å²) in [4.78, 5) is 8.33. The summed E-state index contributed by atoms with van der Waals surface area (Å²) in [6.45, 7) is 0.650. The van der Waals surface area contributed by atoms with E-state index in [4.69, 9.17) is 5.73 Å². The summed E-state index contributed by atoms with van der Waals surface area (Å²) in [7, 11) is 0. The Labute approximate surface area is 107 Å². The van der Waals surface area contributed by atoms with Crippen LogP contribution in [0.3, 0.4) is 0 Å². The fourth-order valence-corrected chi connectivity index (χ4v) is 1.56. The fraction of sp³-hybridized carbons (Fsp3) is 0.143. The number of guanidine groups is 1. The number of benzene rings is 1. The van der Waals surface area contributed by atoms with Crippen molar-refractivity contribution >= 4 is 11.6 Å². The second kappa shape index (κ2) is 6.39. The molecule has 0 unspecified atom stereocenters. The Hall–Kier alpha value is -2.36. The van der Waals surface area contributed by atoms with E-state index in [-0.39, 0.29) is 0 Å². The SMILES string of the molecule is NC(=NCCc1cccnc1)Nc1ccccc1. The molecule has 0 radical (unpaired) electrons. The zero-order chi connectivity index (χ0) is 12.6. The molecule has 1 aromatic heterocycles. The third-order valence-electron chi connectivity index (χ3n) is 2.45. The molecule has 1 aromatic carbocycles. The molecule has 0 aliphatic heterocycles. The van der Waals surface area contributed by atoms with E-state index in [2.05, 4.69) is 15.3 Å². The van der Waals surface area contributed by atoms with Crippen LogP contribution < -0.4 is 11.1 Å². The molecule has 0 aliphatic rings. The van der Waals surface area contributed by atoms with Gasteiger partial charge in [-0.05, 0) is 30.2 Å². The first-order chi connectivity index (χ1) is 8.84. The van der Waals surface area contributed by atoms with Crippen molar-refractivity contribution in [3.63, 3.8) is 0 Å². The molecule has 2 rings (SSSR count). The van der Waals surface area contributed by atoms with Crippen molar-refractivity contribution in [1.82, 2.24) is 4.98 Å². The summed E-state index contributed by atoms with van der Waals surface area (Å²) in [5.41, 5.74) is 7.90. The minimum atomic E-state index is 0.435. The van der Waals surface area contributed by atoms with Gasteiger partial charge in [-0.3, -0.25) is 9.98 Å². The number of rotatable bonds is 4. The highest BCUT2D eigenvalue weighted by Gasteiger charge is 1.94. The summed E-state index contributed by atoms with van der Waals surface area (Å²) >= 11 is 0. The minimum Gasteiger partial charge on any atom is -0.370 e. The van der Waals surface area contributed by atoms with Crippen LogP contribution in [0.25, 0.3) is 0 Å². The molecule has 0 aliphatic carbocycles. The van der Waals surface area contributed by atoms with E-state index >= 15 is 0 Å². The summed E-state index contributed by atoms with van der Waals surface area (Å²) in [6.07, 6.45) is 4.44. The quantitative estimate of drug-likeness (QED) is 0.635. The monoisotopic (exact) mass is 240 g/mol. The smallest absolute Gasteiger partial charge is 0.193 e. The van der Waals surface area contributed by atoms with Gasteiger partial charge in [0.15, 0.2) is 5.96 Å². The molecule has 4 nitrogen and oxygen atoms in total. The number of nitrogens with zero attached hydrogens (tertiary/aromatic N) is 2. The first-order valence-corrected chi connectivity index (χ1v) is 5.85. The molecular formula is C14H16N4. The molecule has 3 N–H and O–H groups in total. The fourth-order valence-electron chi connectivity index (χ4n) is 1.56. The van der Waals surface area contributed by atoms with Crippen molar-refractivity contribution in [2.45, 2.75) is 6.42 Å². The molecule has 18 heavy (non-hydrogen) atoms. The number of anilines is 1. The van der Waals surface area contributed by atoms with Gasteiger partial charge in [-0.25, -0.2) is 0 Å². The lowest BCUT2D eigenvalue weighted by Gasteiger charge is -2.04. The van der Waals surface area contributed by atoms with Gasteiger partial charge in [-0.2, -0.15) is 0 Å². The van der Waals surface area contributed by atoms with Crippen molar-refractivity contribution in [2.75, 3.05) is 11.9 Å². The van der Waals surface area contributed by atoms with Gasteiger partial charge in [0.25, 0.3) is 0 Å². The van der Waals surface area contributed by atoms with E-state index in [0.29, 0.717) is 12.5 Å². The third-order valence-corrected chi connectivity index (χ3v) is 2.45. The van der Waals surface area contributed by atoms with Crippen LogP contribution in [0.4, 0.5) is 5.69 Å². The maximum absolute atomic E-state index is 5.79. The summed E-state index contributed by atoms with van der Waals surface area (Å²) in [5, 5.41) is 3.04. The number of hydrogen-bond acceptors (Lipinski definition) is 2. The summed E-state index contributed by atoms with van der Waals surface area (Å²) in [5.74, 6) is 0.435. The zero-order valence-electron chi connectivity index (χ0n) is 10.1. The second-order valence-electron chi connectivity index (χ2n) is 3.87. The molecule has 4 heteroatoms. The Morgan fingerprint density at radius 3 is 2.72 bits per heavy atom. The van der Waals surface area contributed by atoms with E-state index in [1.165, 1.54) is 0 Å². The molecule has 0 fully saturated rings. The van der Waals surface area contributed by atoms with Crippen LogP contribution in [0.1, 0.15) is 5.56 Å². The first kappa shape index (κ1) is 12.1. The van der Waals surface area contributed by atoms with Crippen LogP contribution in [0.5, 0.6) is 0 Å². The molecule has 1 heterocycles. The predicted molar refractivity (Wildman–Crippen MR) is 74.5 cm³/mol. The Balaban J connectivity index is 1.83. The Kier molecular flexibility index (Phi) is 4.30. The lowest BCUT2D eigenvalue weighted by atomic mass is 10.2. The molecule has 0 bridgehead atoms. The highest BCUT2D eigenvalue weighted by Crippen LogP contribution is 2.04. The van der Waals surface area contributed by atoms with E-state index in [9.17, 15) is 0 Å². The zero-order valence-corrected chi connectivity index (χ0v) is 10.1. The number of hydrogen-bond donors (Lipinski definition) is 2. The molecule has 0 amide bonds. The molecule has 2 aromatic rings. The normalized spacial score (nSPS) is 11.2. The third kappa shape index (κ3) is 3.90. The maximum Gasteiger partial charge on any atom is 0.193 e. The Morgan fingerprint density at radius 1 is 1.17 bits per heavy atom. The van der Waals surface area contributed by atoms with Crippen LogP contribution in [0.15, 0.2) is 59.9 Å². The first-order valence-electron chi connectivity index (χ1n) is 5.85. The Morgan fingerprint density at radius 2 is 2.00 bits per heavy atom. The van der Waals surface area contributed by atoms with Crippen molar-refractivity contribution in [3.05, 3.63) is 60.4 Å². The molecular weight excluding hydrogens is 224 g/mol. The molecule has 0 saturated heterocycles. The van der Waals surface area contributed by atoms with Gasteiger partial charge in [0.05, 0.1) is 0 Å². The maximum atomic E-state index is 5.79. The molecule has 0 saturated carbocycles. The van der Waals surface area contributed by atoms with E-state index in [1.54, 1.807) is 6.20 Å². The van der Waals surface area contributed by atoms with Crippen LogP contribution >= 0.6 is 0 Å². The van der Waals surface area contributed by atoms with Crippen LogP contribution in [0, 0.1) is 0 Å². The topological polar surface area (TPSA) is 63.3 Å². The van der Waals surface area contributed by atoms with Crippen LogP contribution in [-0.2, 0) is 6.42 Å². The van der Waals surface area contributed by atoms with Crippen molar-refractivity contribution in [2.24, 2.45) is 10.7 Å². The van der Waals surface area contributed by atoms with Gasteiger partial charge in [-0.1, -0.05) is 24.3 Å². The molecule has 92 valence electrons. The lowest BCUT2D eigenvalue weighted by Crippen LogP contribution is -2.23. The van der Waals surface area contributed by atoms with Gasteiger partial charge < -0.3 is 11.1 Å². The average molecular weight is 240 g/mol. The highest BCUT2D eigenvalue weighted by molar-refractivity contribution is 5.92. The van der Waals surface area contributed by atoms with Crippen LogP contribution in [0.2, 0.25) is 0 Å². The van der Waals surface area contributed by atoms with E-state index in [0.717, 1.165) is 17.7 Å². The van der Waals surface area contributed by atoms with Gasteiger partial charge in [0.1, 0.15) is 0 Å². The summed E-state index contributed by atoms with van der Waals surface area (Å²) in [6, 6.07) is 13.7. The van der Waals surface area contributed by atoms with Crippen molar-refractivity contribution < 1.29 is 0 Å². The summed E-state index contributed by atoms with van der Waals surface area (Å²) < 4.78 is 0. The number of pyridine rings is 1. The lowest BCUT2D eigenvalue weighted by molar-refractivity contribution is 0.955. The minimum absolute atomic E-state index is 0.435. The number of nitrogens with one attached hydrogen (secondary N) is 1. The van der Waals surface area contributed by atoms with Gasteiger partial charge in [0, 0.05) is 24.6 Å². The Bertz CT molecular complexity index is 494. The van der Waals surface area contributed by atoms with Crippen molar-refractivity contribution in [3.8, 4) is 0 Å². The van der Waals surface area contributed by atoms with E-state index < -0.39 is 0 Å². The molecule has 0 atom stereocenters. The number of aromatic nitrogens is 1. The largest absolute Gasteiger partial charge is 0.370 e. The highest BCUT2D eigenvalue weighted by atomic mass is 15.1. The average Bonchev–Trinajstić information content (AvgIpc) is 2.41. The number of nitrogens with two attached hydrogens (primary N) is 1. The van der Waals surface area contributed by atoms with Gasteiger partial charge >= 0.3 is 0 Å². The van der Waals surface area contributed by atoms with Gasteiger partial charge in [0.2, 0.25) is 0 Å². The second-order valence-corrected chi connectivity index (χ2v) is 3.87. The van der Waals surface area contributed by atoms with Crippen LogP contribution in [-0.4, -0.2) is 17.5 Å². The molecule has 0 spiro atoms. The predicted octanol–water partition coefficient (Wildman–Crippen LogP) is 2.05. The van der Waals surface area contributed by atoms with E-state index in [1.807, 2.05) is 48.7 Å².